The minimum absolute atomic E-state index is 0.116. The predicted molar refractivity (Wildman–Crippen MR) is 131 cm³/mol. The van der Waals surface area contributed by atoms with Gasteiger partial charge in [0.05, 0.1) is 31.5 Å². The SMILES string of the molecule is CCOC(c1ccc(OCCOCCOc2ccc(C3OC(C)C3(C)C)cc2)cc1)C(C)C. The zero-order valence-electron chi connectivity index (χ0n) is 21.0. The van der Waals surface area contributed by atoms with Crippen molar-refractivity contribution in [1.82, 2.24) is 0 Å². The van der Waals surface area contributed by atoms with E-state index in [0.717, 1.165) is 11.5 Å². The first kappa shape index (κ1) is 25.5. The van der Waals surface area contributed by atoms with Crippen LogP contribution in [0.4, 0.5) is 0 Å². The molecule has 0 N–H and O–H groups in total. The van der Waals surface area contributed by atoms with Gasteiger partial charge in [-0.25, -0.2) is 0 Å². The maximum absolute atomic E-state index is 5.91. The van der Waals surface area contributed by atoms with Crippen molar-refractivity contribution in [1.29, 1.82) is 0 Å². The van der Waals surface area contributed by atoms with Gasteiger partial charge >= 0.3 is 0 Å². The van der Waals surface area contributed by atoms with Crippen LogP contribution in [0, 0.1) is 11.3 Å². The van der Waals surface area contributed by atoms with Gasteiger partial charge in [-0.1, -0.05) is 52.0 Å². The molecule has 0 saturated carbocycles. The van der Waals surface area contributed by atoms with Gasteiger partial charge < -0.3 is 23.7 Å². The second-order valence-corrected chi connectivity index (χ2v) is 9.55. The molecule has 5 heteroatoms. The standard InChI is InChI=1S/C28H40O5/c1-7-30-26(20(2)3)22-8-12-24(13-9-22)31-18-16-29-17-19-32-25-14-10-23(11-15-25)27-28(5,6)21(4)33-27/h8-15,20-21,26-27H,7,16-19H2,1-6H3. The van der Waals surface area contributed by atoms with Crippen molar-refractivity contribution in [2.24, 2.45) is 11.3 Å². The molecule has 5 nitrogen and oxygen atoms in total. The number of benzene rings is 2. The second-order valence-electron chi connectivity index (χ2n) is 9.55. The van der Waals surface area contributed by atoms with Gasteiger partial charge in [0.25, 0.3) is 0 Å². The van der Waals surface area contributed by atoms with Crippen molar-refractivity contribution in [2.75, 3.05) is 33.0 Å². The maximum Gasteiger partial charge on any atom is 0.119 e. The molecular formula is C28H40O5. The molecule has 1 aliphatic heterocycles. The molecule has 1 fully saturated rings. The lowest BCUT2D eigenvalue weighted by Crippen LogP contribution is -2.48. The topological polar surface area (TPSA) is 46.2 Å². The summed E-state index contributed by atoms with van der Waals surface area (Å²) in [6.07, 6.45) is 0.560. The van der Waals surface area contributed by atoms with E-state index in [1.807, 2.05) is 31.2 Å². The Kier molecular flexibility index (Phi) is 9.19. The van der Waals surface area contributed by atoms with E-state index in [0.29, 0.717) is 39.0 Å². The van der Waals surface area contributed by atoms with Crippen LogP contribution in [0.15, 0.2) is 48.5 Å². The highest BCUT2D eigenvalue weighted by atomic mass is 16.5. The summed E-state index contributed by atoms with van der Waals surface area (Å²) in [5, 5.41) is 0. The summed E-state index contributed by atoms with van der Waals surface area (Å²) >= 11 is 0. The van der Waals surface area contributed by atoms with Crippen molar-refractivity contribution in [3.8, 4) is 11.5 Å². The van der Waals surface area contributed by atoms with Crippen LogP contribution in [0.25, 0.3) is 0 Å². The minimum atomic E-state index is 0.116. The van der Waals surface area contributed by atoms with E-state index in [-0.39, 0.29) is 23.7 Å². The first-order chi connectivity index (χ1) is 15.8. The fourth-order valence-corrected chi connectivity index (χ4v) is 4.09. The van der Waals surface area contributed by atoms with Crippen LogP contribution in [0.2, 0.25) is 0 Å². The van der Waals surface area contributed by atoms with Crippen LogP contribution in [0.5, 0.6) is 11.5 Å². The Morgan fingerprint density at radius 3 is 1.85 bits per heavy atom. The van der Waals surface area contributed by atoms with Gasteiger partial charge in [-0.05, 0) is 55.2 Å². The molecule has 3 atom stereocenters. The highest BCUT2D eigenvalue weighted by molar-refractivity contribution is 5.31. The molecule has 182 valence electrons. The molecule has 0 spiro atoms. The van der Waals surface area contributed by atoms with Crippen molar-refractivity contribution in [3.63, 3.8) is 0 Å². The van der Waals surface area contributed by atoms with Gasteiger partial charge in [0.1, 0.15) is 24.7 Å². The summed E-state index contributed by atoms with van der Waals surface area (Å²) in [6, 6.07) is 16.3. The monoisotopic (exact) mass is 456 g/mol. The van der Waals surface area contributed by atoms with E-state index >= 15 is 0 Å². The Morgan fingerprint density at radius 1 is 0.848 bits per heavy atom. The van der Waals surface area contributed by atoms with E-state index in [9.17, 15) is 0 Å². The van der Waals surface area contributed by atoms with E-state index in [4.69, 9.17) is 23.7 Å². The first-order valence-electron chi connectivity index (χ1n) is 12.1. The highest BCUT2D eigenvalue weighted by Crippen LogP contribution is 2.50. The summed E-state index contributed by atoms with van der Waals surface area (Å²) < 4.78 is 29.0. The number of hydrogen-bond donors (Lipinski definition) is 0. The summed E-state index contributed by atoms with van der Waals surface area (Å²) in [7, 11) is 0. The molecule has 33 heavy (non-hydrogen) atoms. The largest absolute Gasteiger partial charge is 0.491 e. The Hall–Kier alpha value is -2.08. The first-order valence-corrected chi connectivity index (χ1v) is 12.1. The molecule has 3 unspecified atom stereocenters. The lowest BCUT2D eigenvalue weighted by atomic mass is 9.73. The number of ether oxygens (including phenoxy) is 5. The molecule has 0 radical (unpaired) electrons. The Bertz CT molecular complexity index is 777. The highest BCUT2D eigenvalue weighted by Gasteiger charge is 2.47. The summed E-state index contributed by atoms with van der Waals surface area (Å²) in [5.41, 5.74) is 2.55. The Labute approximate surface area is 199 Å². The average molecular weight is 457 g/mol. The summed E-state index contributed by atoms with van der Waals surface area (Å²) in [5.74, 6) is 2.11. The van der Waals surface area contributed by atoms with Crippen LogP contribution in [0.3, 0.4) is 0 Å². The van der Waals surface area contributed by atoms with Crippen LogP contribution < -0.4 is 9.47 Å². The second kappa shape index (κ2) is 11.9. The predicted octanol–water partition coefficient (Wildman–Crippen LogP) is 6.38. The zero-order valence-corrected chi connectivity index (χ0v) is 21.0. The maximum atomic E-state index is 5.91. The van der Waals surface area contributed by atoms with Crippen molar-refractivity contribution in [2.45, 2.75) is 59.9 Å². The van der Waals surface area contributed by atoms with Crippen LogP contribution >= 0.6 is 0 Å². The van der Waals surface area contributed by atoms with E-state index in [1.165, 1.54) is 11.1 Å². The fraction of sp³-hybridized carbons (Fsp3) is 0.571. The molecule has 1 saturated heterocycles. The van der Waals surface area contributed by atoms with Crippen molar-refractivity contribution in [3.05, 3.63) is 59.7 Å². The normalized spacial score (nSPS) is 20.3. The van der Waals surface area contributed by atoms with E-state index in [2.05, 4.69) is 58.9 Å². The quantitative estimate of drug-likeness (QED) is 0.327. The average Bonchev–Trinajstić information content (AvgIpc) is 2.81. The third-order valence-electron chi connectivity index (χ3n) is 6.40. The van der Waals surface area contributed by atoms with Crippen LogP contribution in [-0.2, 0) is 14.2 Å². The molecule has 0 aliphatic carbocycles. The number of hydrogen-bond acceptors (Lipinski definition) is 5. The van der Waals surface area contributed by atoms with Crippen LogP contribution in [0.1, 0.15) is 64.9 Å². The third-order valence-corrected chi connectivity index (χ3v) is 6.40. The number of rotatable bonds is 13. The summed E-state index contributed by atoms with van der Waals surface area (Å²) in [6.45, 7) is 15.7. The van der Waals surface area contributed by atoms with E-state index < -0.39 is 0 Å². The lowest BCUT2D eigenvalue weighted by molar-refractivity contribution is -0.230. The summed E-state index contributed by atoms with van der Waals surface area (Å²) in [4.78, 5) is 0. The molecular weight excluding hydrogens is 416 g/mol. The van der Waals surface area contributed by atoms with Gasteiger partial charge in [0.15, 0.2) is 0 Å². The molecule has 3 rings (SSSR count). The smallest absolute Gasteiger partial charge is 0.119 e. The molecule has 0 aromatic heterocycles. The van der Waals surface area contributed by atoms with Gasteiger partial charge in [0, 0.05) is 12.0 Å². The minimum Gasteiger partial charge on any atom is -0.491 e. The van der Waals surface area contributed by atoms with Gasteiger partial charge in [-0.3, -0.25) is 0 Å². The Balaban J connectivity index is 1.30. The Morgan fingerprint density at radius 2 is 1.39 bits per heavy atom. The van der Waals surface area contributed by atoms with Crippen molar-refractivity contribution >= 4 is 0 Å². The fourth-order valence-electron chi connectivity index (χ4n) is 4.09. The lowest BCUT2D eigenvalue weighted by Gasteiger charge is -2.50. The van der Waals surface area contributed by atoms with Gasteiger partial charge in [-0.15, -0.1) is 0 Å². The van der Waals surface area contributed by atoms with Gasteiger partial charge in [0.2, 0.25) is 0 Å². The zero-order chi connectivity index (χ0) is 23.8. The van der Waals surface area contributed by atoms with Crippen molar-refractivity contribution < 1.29 is 23.7 Å². The van der Waals surface area contributed by atoms with Crippen LogP contribution in [-0.4, -0.2) is 39.1 Å². The molecule has 1 aliphatic rings. The molecule has 0 amide bonds. The molecule has 1 heterocycles. The van der Waals surface area contributed by atoms with E-state index in [1.54, 1.807) is 0 Å². The molecule has 2 aromatic rings. The third kappa shape index (κ3) is 6.72. The van der Waals surface area contributed by atoms with Gasteiger partial charge in [-0.2, -0.15) is 0 Å². The molecule has 2 aromatic carbocycles. The molecule has 0 bridgehead atoms.